The summed E-state index contributed by atoms with van der Waals surface area (Å²) in [6.45, 7) is 0.997. The second-order valence-corrected chi connectivity index (χ2v) is 6.03. The van der Waals surface area contributed by atoms with E-state index in [-0.39, 0.29) is 5.97 Å². The molecule has 1 aromatic rings. The third-order valence-electron chi connectivity index (χ3n) is 1.57. The van der Waals surface area contributed by atoms with E-state index in [0.717, 1.165) is 5.30 Å². The zero-order valence-corrected chi connectivity index (χ0v) is 9.94. The first-order valence-corrected chi connectivity index (χ1v) is 7.19. The van der Waals surface area contributed by atoms with Crippen molar-refractivity contribution in [3.05, 3.63) is 29.8 Å². The Morgan fingerprint density at radius 3 is 2.36 bits per heavy atom. The van der Waals surface area contributed by atoms with E-state index in [1.54, 1.807) is 31.2 Å². The van der Waals surface area contributed by atoms with E-state index in [1.807, 2.05) is 0 Å². The molecule has 14 heavy (non-hydrogen) atoms. The van der Waals surface area contributed by atoms with Gasteiger partial charge in [0.2, 0.25) is 0 Å². The molecule has 0 amide bonds. The highest BCUT2D eigenvalue weighted by molar-refractivity contribution is 8.08. The maximum atomic E-state index is 11.2. The van der Waals surface area contributed by atoms with Crippen molar-refractivity contribution in [3.8, 4) is 0 Å². The predicted octanol–water partition coefficient (Wildman–Crippen LogP) is 3.28. The van der Waals surface area contributed by atoms with Gasteiger partial charge in [-0.25, -0.2) is 4.79 Å². The van der Waals surface area contributed by atoms with Gasteiger partial charge in [-0.15, -0.1) is 0 Å². The summed E-state index contributed by atoms with van der Waals surface area (Å²) in [4.78, 5) is 11.2. The van der Waals surface area contributed by atoms with E-state index < -0.39 is 6.63 Å². The number of rotatable bonds is 3. The molecular weight excluding hydrogens is 242 g/mol. The van der Waals surface area contributed by atoms with Crippen LogP contribution in [0.4, 0.5) is 0 Å². The summed E-state index contributed by atoms with van der Waals surface area (Å²) >= 11 is 11.4. The molecule has 0 aliphatic carbocycles. The Morgan fingerprint density at radius 1 is 1.36 bits per heavy atom. The van der Waals surface area contributed by atoms with Crippen molar-refractivity contribution in [2.24, 2.45) is 0 Å². The fourth-order valence-corrected chi connectivity index (χ4v) is 1.98. The third-order valence-corrected chi connectivity index (χ3v) is 3.43. The number of halogens is 2. The van der Waals surface area contributed by atoms with Gasteiger partial charge in [-0.1, -0.05) is 34.6 Å². The van der Waals surface area contributed by atoms with E-state index in [1.165, 1.54) is 0 Å². The van der Waals surface area contributed by atoms with Gasteiger partial charge in [0.25, 0.3) is 0 Å². The molecule has 1 rings (SSSR count). The zero-order chi connectivity index (χ0) is 10.6. The summed E-state index contributed by atoms with van der Waals surface area (Å²) in [6, 6.07) is 6.79. The third kappa shape index (κ3) is 3.13. The molecule has 2 nitrogen and oxygen atoms in total. The number of benzene rings is 1. The summed E-state index contributed by atoms with van der Waals surface area (Å²) in [6.07, 6.45) is 0. The average molecular weight is 251 g/mol. The number of hydrogen-bond donors (Lipinski definition) is 0. The first-order valence-electron chi connectivity index (χ1n) is 4.04. The molecule has 0 unspecified atom stereocenters. The van der Waals surface area contributed by atoms with E-state index in [4.69, 9.17) is 27.2 Å². The molecule has 5 heteroatoms. The van der Waals surface area contributed by atoms with Gasteiger partial charge in [-0.05, 0) is 19.1 Å². The van der Waals surface area contributed by atoms with Crippen molar-refractivity contribution in [1.82, 2.24) is 0 Å². The van der Waals surface area contributed by atoms with Crippen molar-refractivity contribution in [3.63, 3.8) is 0 Å². The number of carbonyl (C=O) groups is 1. The topological polar surface area (TPSA) is 26.3 Å². The van der Waals surface area contributed by atoms with Crippen LogP contribution in [-0.2, 0) is 4.74 Å². The highest BCUT2D eigenvalue weighted by Crippen LogP contribution is 2.45. The van der Waals surface area contributed by atoms with E-state index in [2.05, 4.69) is 0 Å². The lowest BCUT2D eigenvalue weighted by Crippen LogP contribution is -2.06. The Labute approximate surface area is 93.5 Å². The van der Waals surface area contributed by atoms with Crippen LogP contribution in [0.15, 0.2) is 24.3 Å². The molecule has 0 spiro atoms. The Balaban J connectivity index is 2.78. The van der Waals surface area contributed by atoms with E-state index in [0.29, 0.717) is 12.2 Å². The SMILES string of the molecule is CCOC(=O)c1ccc(P(Cl)Cl)cc1. The maximum absolute atomic E-state index is 11.2. The van der Waals surface area contributed by atoms with E-state index >= 15 is 0 Å². The van der Waals surface area contributed by atoms with Gasteiger partial charge in [0.05, 0.1) is 12.2 Å². The molecule has 0 atom stereocenters. The Bertz CT molecular complexity index is 311. The molecule has 0 saturated heterocycles. The monoisotopic (exact) mass is 250 g/mol. The van der Waals surface area contributed by atoms with Crippen molar-refractivity contribution in [2.75, 3.05) is 6.61 Å². The quantitative estimate of drug-likeness (QED) is 0.608. The summed E-state index contributed by atoms with van der Waals surface area (Å²) in [7, 11) is 0. The molecule has 0 aromatic heterocycles. The van der Waals surface area contributed by atoms with Crippen molar-refractivity contribution in [1.29, 1.82) is 0 Å². The first-order chi connectivity index (χ1) is 6.65. The highest BCUT2D eigenvalue weighted by Gasteiger charge is 2.08. The Morgan fingerprint density at radius 2 is 1.93 bits per heavy atom. The number of ether oxygens (including phenoxy) is 1. The molecule has 1 aromatic carbocycles. The molecule has 0 N–H and O–H groups in total. The average Bonchev–Trinajstić information content (AvgIpc) is 2.18. The maximum Gasteiger partial charge on any atom is 0.338 e. The van der Waals surface area contributed by atoms with Crippen molar-refractivity contribution >= 4 is 40.4 Å². The summed E-state index contributed by atoms with van der Waals surface area (Å²) in [5, 5.41) is 0.830. The molecule has 0 saturated carbocycles. The minimum atomic E-state index is -1.14. The summed E-state index contributed by atoms with van der Waals surface area (Å²) in [5.41, 5.74) is 0.515. The van der Waals surface area contributed by atoms with Gasteiger partial charge in [-0.3, -0.25) is 0 Å². The second kappa shape index (κ2) is 5.55. The molecule has 76 valence electrons. The molecular formula is C9H9Cl2O2P. The van der Waals surface area contributed by atoms with Crippen LogP contribution >= 0.6 is 29.1 Å². The molecule has 0 radical (unpaired) electrons. The first kappa shape index (κ1) is 11.8. The number of esters is 1. The lowest BCUT2D eigenvalue weighted by Gasteiger charge is -2.03. The fourth-order valence-electron chi connectivity index (χ4n) is 0.925. The minimum absolute atomic E-state index is 0.326. The van der Waals surface area contributed by atoms with Crippen LogP contribution in [0, 0.1) is 0 Å². The summed E-state index contributed by atoms with van der Waals surface area (Å²) in [5.74, 6) is -0.326. The normalized spacial score (nSPS) is 10.3. The molecule has 0 heterocycles. The number of hydrogen-bond acceptors (Lipinski definition) is 2. The minimum Gasteiger partial charge on any atom is -0.462 e. The Kier molecular flexibility index (Phi) is 4.67. The molecule has 0 bridgehead atoms. The second-order valence-electron chi connectivity index (χ2n) is 2.50. The largest absolute Gasteiger partial charge is 0.462 e. The van der Waals surface area contributed by atoms with Crippen LogP contribution in [0.25, 0.3) is 0 Å². The molecule has 0 aliphatic rings. The van der Waals surface area contributed by atoms with Crippen LogP contribution in [0.3, 0.4) is 0 Å². The zero-order valence-electron chi connectivity index (χ0n) is 7.54. The smallest absolute Gasteiger partial charge is 0.338 e. The van der Waals surface area contributed by atoms with Gasteiger partial charge >= 0.3 is 5.97 Å². The van der Waals surface area contributed by atoms with Gasteiger partial charge in [-0.2, -0.15) is 0 Å². The van der Waals surface area contributed by atoms with Crippen molar-refractivity contribution < 1.29 is 9.53 Å². The standard InChI is InChI=1S/C9H9Cl2O2P/c1-2-13-9(12)7-3-5-8(6-4-7)14(10)11/h3-6H,2H2,1H3. The van der Waals surface area contributed by atoms with Crippen LogP contribution < -0.4 is 5.30 Å². The summed E-state index contributed by atoms with van der Waals surface area (Å²) < 4.78 is 4.83. The fraction of sp³-hybridized carbons (Fsp3) is 0.222. The van der Waals surface area contributed by atoms with Crippen molar-refractivity contribution in [2.45, 2.75) is 6.92 Å². The van der Waals surface area contributed by atoms with Gasteiger partial charge in [0.1, 0.15) is 6.63 Å². The lowest BCUT2D eigenvalue weighted by atomic mass is 10.2. The van der Waals surface area contributed by atoms with Crippen LogP contribution in [0.1, 0.15) is 17.3 Å². The van der Waals surface area contributed by atoms with Crippen LogP contribution in [0.2, 0.25) is 0 Å². The molecule has 0 fully saturated rings. The lowest BCUT2D eigenvalue weighted by molar-refractivity contribution is 0.0526. The highest BCUT2D eigenvalue weighted by atomic mass is 35.9. The van der Waals surface area contributed by atoms with Gasteiger partial charge < -0.3 is 4.74 Å². The van der Waals surface area contributed by atoms with E-state index in [9.17, 15) is 4.79 Å². The number of carbonyl (C=O) groups excluding carboxylic acids is 1. The van der Waals surface area contributed by atoms with Crippen LogP contribution in [0.5, 0.6) is 0 Å². The predicted molar refractivity (Wildman–Crippen MR) is 60.7 cm³/mol. The van der Waals surface area contributed by atoms with Crippen LogP contribution in [-0.4, -0.2) is 12.6 Å². The van der Waals surface area contributed by atoms with Gasteiger partial charge in [0.15, 0.2) is 0 Å². The molecule has 0 aliphatic heterocycles. The van der Waals surface area contributed by atoms with Gasteiger partial charge in [0, 0.05) is 5.30 Å². The Hall–Kier alpha value is -0.300.